The van der Waals surface area contributed by atoms with Crippen LogP contribution < -0.4 is 10.1 Å². The van der Waals surface area contributed by atoms with Crippen LogP contribution in [-0.4, -0.2) is 33.1 Å². The molecule has 2 aromatic carbocycles. The molecule has 2 N–H and O–H groups in total. The zero-order chi connectivity index (χ0) is 18.1. The minimum absolute atomic E-state index is 0.533. The van der Waals surface area contributed by atoms with Gasteiger partial charge >= 0.3 is 0 Å². The molecule has 27 heavy (non-hydrogen) atoms. The number of rotatable bonds is 4. The Morgan fingerprint density at radius 2 is 1.81 bits per heavy atom. The van der Waals surface area contributed by atoms with E-state index in [0.717, 1.165) is 22.6 Å². The topological polar surface area (TPSA) is 75.7 Å². The zero-order valence-corrected chi connectivity index (χ0v) is 14.5. The van der Waals surface area contributed by atoms with Crippen LogP contribution in [0.5, 0.6) is 5.75 Å². The molecule has 0 atom stereocenters. The Morgan fingerprint density at radius 1 is 0.963 bits per heavy atom. The van der Waals surface area contributed by atoms with Gasteiger partial charge in [0.25, 0.3) is 0 Å². The number of aromatic amines is 1. The van der Waals surface area contributed by atoms with E-state index in [-0.39, 0.29) is 0 Å². The smallest absolute Gasteiger partial charge is 0.182 e. The number of nitrogens with zero attached hydrogens (tertiary/aromatic N) is 3. The zero-order valence-electron chi connectivity index (χ0n) is 14.5. The summed E-state index contributed by atoms with van der Waals surface area (Å²) in [4.78, 5) is 15.8. The number of fused-ring (bicyclic) bond motifs is 2. The summed E-state index contributed by atoms with van der Waals surface area (Å²) in [5.41, 5.74) is 6.12. The summed E-state index contributed by atoms with van der Waals surface area (Å²) in [5.74, 6) is 1.65. The van der Waals surface area contributed by atoms with Gasteiger partial charge in [0.05, 0.1) is 6.33 Å². The molecule has 0 amide bonds. The molecule has 0 aliphatic carbocycles. The van der Waals surface area contributed by atoms with E-state index in [4.69, 9.17) is 4.74 Å². The minimum atomic E-state index is 0.533. The molecule has 0 saturated carbocycles. The van der Waals surface area contributed by atoms with Crippen molar-refractivity contribution >= 4 is 22.6 Å². The first-order valence-electron chi connectivity index (χ1n) is 8.78. The first kappa shape index (κ1) is 15.6. The Hall–Kier alpha value is -3.67. The third-order valence-corrected chi connectivity index (χ3v) is 4.67. The number of nitrogens with one attached hydrogen (secondary N) is 2. The molecule has 3 heterocycles. The second kappa shape index (κ2) is 6.57. The number of aromatic nitrogens is 4. The van der Waals surface area contributed by atoms with E-state index in [0.29, 0.717) is 18.8 Å². The lowest BCUT2D eigenvalue weighted by atomic mass is 9.91. The number of benzene rings is 2. The first-order chi connectivity index (χ1) is 13.4. The number of ether oxygens (including phenoxy) is 1. The lowest BCUT2D eigenvalue weighted by molar-refractivity contribution is 0.345. The number of imidazole rings is 1. The van der Waals surface area contributed by atoms with E-state index in [2.05, 4.69) is 55.6 Å². The van der Waals surface area contributed by atoms with Crippen LogP contribution in [0.4, 0.5) is 5.82 Å². The predicted octanol–water partition coefficient (Wildman–Crippen LogP) is 3.66. The molecule has 1 aliphatic heterocycles. The van der Waals surface area contributed by atoms with Crippen LogP contribution >= 0.6 is 0 Å². The highest BCUT2D eigenvalue weighted by atomic mass is 16.5. The number of para-hydroxylation sites is 1. The normalized spacial score (nSPS) is 13.3. The molecule has 6 heteroatoms. The average molecular weight is 355 g/mol. The lowest BCUT2D eigenvalue weighted by Crippen LogP contribution is -2.19. The Morgan fingerprint density at radius 3 is 2.74 bits per heavy atom. The Labute approximate surface area is 156 Å². The van der Waals surface area contributed by atoms with Gasteiger partial charge in [-0.2, -0.15) is 0 Å². The summed E-state index contributed by atoms with van der Waals surface area (Å²) in [5, 5.41) is 3.41. The van der Waals surface area contributed by atoms with Crippen molar-refractivity contribution in [2.45, 2.75) is 0 Å². The average Bonchev–Trinajstić information content (AvgIpc) is 3.22. The maximum Gasteiger partial charge on any atom is 0.182 e. The van der Waals surface area contributed by atoms with Gasteiger partial charge in [0.15, 0.2) is 11.5 Å². The molecule has 132 valence electrons. The van der Waals surface area contributed by atoms with E-state index in [1.165, 1.54) is 23.0 Å². The molecule has 0 bridgehead atoms. The quantitative estimate of drug-likeness (QED) is 0.584. The van der Waals surface area contributed by atoms with Crippen molar-refractivity contribution in [1.29, 1.82) is 0 Å². The van der Waals surface area contributed by atoms with E-state index in [1.807, 2.05) is 24.3 Å². The van der Waals surface area contributed by atoms with Gasteiger partial charge in [0.2, 0.25) is 0 Å². The molecule has 0 radical (unpaired) electrons. The van der Waals surface area contributed by atoms with Gasteiger partial charge in [-0.1, -0.05) is 48.5 Å². The predicted molar refractivity (Wildman–Crippen MR) is 105 cm³/mol. The molecule has 4 aromatic rings. The van der Waals surface area contributed by atoms with Crippen LogP contribution in [0.15, 0.2) is 72.8 Å². The van der Waals surface area contributed by atoms with E-state index < -0.39 is 0 Å². The number of H-pyrrole nitrogens is 1. The fourth-order valence-electron chi connectivity index (χ4n) is 3.42. The highest BCUT2D eigenvalue weighted by molar-refractivity contribution is 5.87. The van der Waals surface area contributed by atoms with Gasteiger partial charge in [0, 0.05) is 12.1 Å². The van der Waals surface area contributed by atoms with Crippen molar-refractivity contribution in [2.75, 3.05) is 18.5 Å². The Kier molecular flexibility index (Phi) is 3.79. The monoisotopic (exact) mass is 355 g/mol. The molecule has 6 nitrogen and oxygen atoms in total. The molecule has 5 rings (SSSR count). The van der Waals surface area contributed by atoms with Gasteiger partial charge in [-0.15, -0.1) is 0 Å². The molecular weight excluding hydrogens is 338 g/mol. The van der Waals surface area contributed by atoms with Gasteiger partial charge < -0.3 is 15.0 Å². The standard InChI is InChI=1S/C21H17N5O/c1-2-6-14(7-3-1)18-15(11-27-17-9-5-4-8-16(17)18)10-22-20-19-21(24-12-23-19)26-13-25-20/h1-9,12-13H,10-11H2,(H2,22,23,24,25,26). The van der Waals surface area contributed by atoms with Crippen LogP contribution in [-0.2, 0) is 0 Å². The van der Waals surface area contributed by atoms with Crippen molar-refractivity contribution in [1.82, 2.24) is 19.9 Å². The second-order valence-electron chi connectivity index (χ2n) is 6.31. The summed E-state index contributed by atoms with van der Waals surface area (Å²) in [6.45, 7) is 1.15. The largest absolute Gasteiger partial charge is 0.489 e. The maximum atomic E-state index is 6.00. The number of hydrogen-bond donors (Lipinski definition) is 2. The van der Waals surface area contributed by atoms with E-state index in [1.54, 1.807) is 6.33 Å². The van der Waals surface area contributed by atoms with Crippen molar-refractivity contribution in [2.24, 2.45) is 0 Å². The molecule has 0 spiro atoms. The molecule has 1 aliphatic rings. The number of anilines is 1. The fraction of sp³-hybridized carbons (Fsp3) is 0.0952. The fourth-order valence-corrected chi connectivity index (χ4v) is 3.42. The van der Waals surface area contributed by atoms with Crippen molar-refractivity contribution in [3.8, 4) is 5.75 Å². The molecule has 2 aromatic heterocycles. The molecule has 0 saturated heterocycles. The lowest BCUT2D eigenvalue weighted by Gasteiger charge is -2.25. The summed E-state index contributed by atoms with van der Waals surface area (Å²) in [6.07, 6.45) is 3.14. The Bertz CT molecular complexity index is 1130. The van der Waals surface area contributed by atoms with Crippen LogP contribution in [0.1, 0.15) is 11.1 Å². The maximum absolute atomic E-state index is 6.00. The van der Waals surface area contributed by atoms with Crippen LogP contribution in [0.2, 0.25) is 0 Å². The Balaban J connectivity index is 1.56. The summed E-state index contributed by atoms with van der Waals surface area (Å²) in [6, 6.07) is 18.6. The van der Waals surface area contributed by atoms with Crippen molar-refractivity contribution < 1.29 is 4.74 Å². The molecule has 0 unspecified atom stereocenters. The van der Waals surface area contributed by atoms with Crippen molar-refractivity contribution in [3.63, 3.8) is 0 Å². The van der Waals surface area contributed by atoms with E-state index in [9.17, 15) is 0 Å². The van der Waals surface area contributed by atoms with Crippen molar-refractivity contribution in [3.05, 3.63) is 84.0 Å². The van der Waals surface area contributed by atoms with Crippen LogP contribution in [0.25, 0.3) is 16.7 Å². The SMILES string of the molecule is c1ccc(C2=C(CNc3ncnc4nc[nH]c34)COc3ccccc32)cc1. The van der Waals surface area contributed by atoms with Gasteiger partial charge in [0.1, 0.15) is 24.2 Å². The van der Waals surface area contributed by atoms with Gasteiger partial charge in [-0.25, -0.2) is 15.0 Å². The molecular formula is C21H17N5O. The third-order valence-electron chi connectivity index (χ3n) is 4.67. The number of hydrogen-bond acceptors (Lipinski definition) is 5. The third kappa shape index (κ3) is 2.81. The van der Waals surface area contributed by atoms with Crippen LogP contribution in [0, 0.1) is 0 Å². The minimum Gasteiger partial charge on any atom is -0.489 e. The van der Waals surface area contributed by atoms with Gasteiger partial charge in [-0.3, -0.25) is 0 Å². The highest BCUT2D eigenvalue weighted by Crippen LogP contribution is 2.37. The second-order valence-corrected chi connectivity index (χ2v) is 6.31. The summed E-state index contributed by atoms with van der Waals surface area (Å²) >= 11 is 0. The van der Waals surface area contributed by atoms with E-state index >= 15 is 0 Å². The van der Waals surface area contributed by atoms with Gasteiger partial charge in [-0.05, 0) is 22.8 Å². The molecule has 0 fully saturated rings. The summed E-state index contributed by atoms with van der Waals surface area (Å²) < 4.78 is 6.00. The first-order valence-corrected chi connectivity index (χ1v) is 8.78. The summed E-state index contributed by atoms with van der Waals surface area (Å²) in [7, 11) is 0. The van der Waals surface area contributed by atoms with Crippen LogP contribution in [0.3, 0.4) is 0 Å². The highest BCUT2D eigenvalue weighted by Gasteiger charge is 2.21.